The first kappa shape index (κ1) is 8.76. The van der Waals surface area contributed by atoms with Crippen molar-refractivity contribution in [2.45, 2.75) is 34.1 Å². The molecule has 3 unspecified atom stereocenters. The van der Waals surface area contributed by atoms with E-state index in [9.17, 15) is 4.79 Å². The maximum Gasteiger partial charge on any atom is 0.123 e. The highest BCUT2D eigenvalue weighted by atomic mass is 16.1. The van der Waals surface area contributed by atoms with Gasteiger partial charge in [-0.1, -0.05) is 27.7 Å². The molecule has 3 atom stereocenters. The Kier molecular flexibility index (Phi) is 2.08. The van der Waals surface area contributed by atoms with Crippen LogP contribution in [0.5, 0.6) is 0 Å². The lowest BCUT2D eigenvalue weighted by Crippen LogP contribution is -2.17. The molecule has 0 spiro atoms. The van der Waals surface area contributed by atoms with Gasteiger partial charge in [-0.25, -0.2) is 0 Å². The fourth-order valence-electron chi connectivity index (χ4n) is 2.23. The maximum absolute atomic E-state index is 10.7. The Morgan fingerprint density at radius 1 is 1.36 bits per heavy atom. The van der Waals surface area contributed by atoms with Crippen LogP contribution in [0.2, 0.25) is 0 Å². The van der Waals surface area contributed by atoms with Crippen molar-refractivity contribution in [2.24, 2.45) is 23.2 Å². The molecule has 1 saturated carbocycles. The van der Waals surface area contributed by atoms with Crippen LogP contribution in [0.3, 0.4) is 0 Å². The van der Waals surface area contributed by atoms with Crippen molar-refractivity contribution >= 4 is 6.29 Å². The van der Waals surface area contributed by atoms with E-state index in [1.165, 1.54) is 0 Å². The summed E-state index contributed by atoms with van der Waals surface area (Å²) in [4.78, 5) is 10.7. The Balaban J connectivity index is 2.76. The van der Waals surface area contributed by atoms with E-state index in [1.807, 2.05) is 0 Å². The van der Waals surface area contributed by atoms with Gasteiger partial charge in [0, 0.05) is 5.92 Å². The summed E-state index contributed by atoms with van der Waals surface area (Å²) in [7, 11) is 0. The van der Waals surface area contributed by atoms with Crippen LogP contribution >= 0.6 is 0 Å². The zero-order valence-electron chi connectivity index (χ0n) is 7.92. The van der Waals surface area contributed by atoms with E-state index in [2.05, 4.69) is 27.7 Å². The molecule has 1 rings (SSSR count). The van der Waals surface area contributed by atoms with Gasteiger partial charge in [0.15, 0.2) is 0 Å². The molecule has 0 N–H and O–H groups in total. The molecule has 1 fully saturated rings. The molecule has 1 nitrogen and oxygen atoms in total. The molecule has 0 aliphatic heterocycles. The molecule has 64 valence electrons. The van der Waals surface area contributed by atoms with Crippen molar-refractivity contribution < 1.29 is 4.79 Å². The van der Waals surface area contributed by atoms with Crippen molar-refractivity contribution in [1.82, 2.24) is 0 Å². The van der Waals surface area contributed by atoms with Crippen molar-refractivity contribution in [3.05, 3.63) is 0 Å². The molecule has 0 bridgehead atoms. The summed E-state index contributed by atoms with van der Waals surface area (Å²) in [5, 5.41) is 0. The summed E-state index contributed by atoms with van der Waals surface area (Å²) >= 11 is 0. The number of aldehydes is 1. The SMILES string of the molecule is CC1C(C=O)CC(C)(C)C1C. The second-order valence-corrected chi connectivity index (χ2v) is 4.64. The third-order valence-electron chi connectivity index (χ3n) is 3.63. The second kappa shape index (κ2) is 2.62. The Labute approximate surface area is 69.2 Å². The predicted octanol–water partition coefficient (Wildman–Crippen LogP) is 2.50. The largest absolute Gasteiger partial charge is 0.303 e. The number of carbonyl (C=O) groups is 1. The van der Waals surface area contributed by atoms with Crippen LogP contribution in [-0.4, -0.2) is 6.29 Å². The molecule has 0 aromatic heterocycles. The summed E-state index contributed by atoms with van der Waals surface area (Å²) in [6.45, 7) is 8.97. The van der Waals surface area contributed by atoms with Gasteiger partial charge in [0.1, 0.15) is 6.29 Å². The highest BCUT2D eigenvalue weighted by Crippen LogP contribution is 2.48. The van der Waals surface area contributed by atoms with Crippen LogP contribution in [0, 0.1) is 23.2 Å². The van der Waals surface area contributed by atoms with Crippen molar-refractivity contribution in [2.75, 3.05) is 0 Å². The molecular formula is C10H18O. The van der Waals surface area contributed by atoms with E-state index >= 15 is 0 Å². The standard InChI is InChI=1S/C10H18O/c1-7-8(2)10(3,4)5-9(7)6-11/h6-9H,5H2,1-4H3. The van der Waals surface area contributed by atoms with Crippen LogP contribution in [-0.2, 0) is 4.79 Å². The fraction of sp³-hybridized carbons (Fsp3) is 0.900. The van der Waals surface area contributed by atoms with Gasteiger partial charge in [-0.3, -0.25) is 0 Å². The Morgan fingerprint density at radius 3 is 2.09 bits per heavy atom. The highest BCUT2D eigenvalue weighted by Gasteiger charge is 2.42. The minimum Gasteiger partial charge on any atom is -0.303 e. The Bertz CT molecular complexity index is 160. The minimum absolute atomic E-state index is 0.306. The lowest BCUT2D eigenvalue weighted by molar-refractivity contribution is -0.112. The van der Waals surface area contributed by atoms with Gasteiger partial charge in [-0.05, 0) is 23.7 Å². The van der Waals surface area contributed by atoms with Crippen LogP contribution in [0.4, 0.5) is 0 Å². The van der Waals surface area contributed by atoms with Crippen LogP contribution in [0.25, 0.3) is 0 Å². The molecule has 11 heavy (non-hydrogen) atoms. The normalized spacial score (nSPS) is 42.4. The third kappa shape index (κ3) is 1.33. The first-order valence-corrected chi connectivity index (χ1v) is 4.44. The number of hydrogen-bond acceptors (Lipinski definition) is 1. The maximum atomic E-state index is 10.7. The number of rotatable bonds is 1. The van der Waals surface area contributed by atoms with E-state index in [1.54, 1.807) is 0 Å². The number of hydrogen-bond donors (Lipinski definition) is 0. The van der Waals surface area contributed by atoms with Gasteiger partial charge >= 0.3 is 0 Å². The van der Waals surface area contributed by atoms with Crippen molar-refractivity contribution in [3.63, 3.8) is 0 Å². The number of carbonyl (C=O) groups excluding carboxylic acids is 1. The van der Waals surface area contributed by atoms with E-state index < -0.39 is 0 Å². The lowest BCUT2D eigenvalue weighted by atomic mass is 9.81. The van der Waals surface area contributed by atoms with Crippen molar-refractivity contribution in [1.29, 1.82) is 0 Å². The second-order valence-electron chi connectivity index (χ2n) is 4.64. The quantitative estimate of drug-likeness (QED) is 0.530. The Hall–Kier alpha value is -0.330. The lowest BCUT2D eigenvalue weighted by Gasteiger charge is -2.24. The van der Waals surface area contributed by atoms with Gasteiger partial charge < -0.3 is 4.79 Å². The molecule has 1 aliphatic rings. The fourth-order valence-corrected chi connectivity index (χ4v) is 2.23. The summed E-state index contributed by atoms with van der Waals surface area (Å²) in [5.41, 5.74) is 0.366. The molecule has 0 heterocycles. The topological polar surface area (TPSA) is 17.1 Å². The molecule has 0 saturated heterocycles. The van der Waals surface area contributed by atoms with E-state index in [-0.39, 0.29) is 0 Å². The zero-order valence-corrected chi connectivity index (χ0v) is 7.92. The van der Waals surface area contributed by atoms with Gasteiger partial charge in [-0.2, -0.15) is 0 Å². The van der Waals surface area contributed by atoms with Gasteiger partial charge in [0.2, 0.25) is 0 Å². The monoisotopic (exact) mass is 154 g/mol. The van der Waals surface area contributed by atoms with Crippen LogP contribution in [0.15, 0.2) is 0 Å². The highest BCUT2D eigenvalue weighted by molar-refractivity contribution is 5.55. The molecule has 0 amide bonds. The third-order valence-corrected chi connectivity index (χ3v) is 3.63. The summed E-state index contributed by atoms with van der Waals surface area (Å²) in [6, 6.07) is 0. The van der Waals surface area contributed by atoms with Crippen LogP contribution in [0.1, 0.15) is 34.1 Å². The zero-order chi connectivity index (χ0) is 8.65. The first-order chi connectivity index (χ1) is 4.99. The molecule has 0 aromatic carbocycles. The van der Waals surface area contributed by atoms with Gasteiger partial charge in [0.05, 0.1) is 0 Å². The van der Waals surface area contributed by atoms with Crippen LogP contribution < -0.4 is 0 Å². The minimum atomic E-state index is 0.306. The Morgan fingerprint density at radius 2 is 1.91 bits per heavy atom. The van der Waals surface area contributed by atoms with E-state index in [0.29, 0.717) is 23.2 Å². The predicted molar refractivity (Wildman–Crippen MR) is 46.3 cm³/mol. The molecule has 0 aromatic rings. The summed E-state index contributed by atoms with van der Waals surface area (Å²) in [6.07, 6.45) is 2.20. The van der Waals surface area contributed by atoms with Gasteiger partial charge in [-0.15, -0.1) is 0 Å². The van der Waals surface area contributed by atoms with E-state index in [4.69, 9.17) is 0 Å². The average molecular weight is 154 g/mol. The molecule has 1 aliphatic carbocycles. The molecule has 0 radical (unpaired) electrons. The smallest absolute Gasteiger partial charge is 0.123 e. The molecular weight excluding hydrogens is 136 g/mol. The van der Waals surface area contributed by atoms with E-state index in [0.717, 1.165) is 12.7 Å². The summed E-state index contributed by atoms with van der Waals surface area (Å²) < 4.78 is 0. The van der Waals surface area contributed by atoms with Crippen molar-refractivity contribution in [3.8, 4) is 0 Å². The molecule has 1 heteroatoms. The van der Waals surface area contributed by atoms with Gasteiger partial charge in [0.25, 0.3) is 0 Å². The average Bonchev–Trinajstić information content (AvgIpc) is 2.13. The summed E-state index contributed by atoms with van der Waals surface area (Å²) in [5.74, 6) is 1.56. The first-order valence-electron chi connectivity index (χ1n) is 4.44.